The fourth-order valence-corrected chi connectivity index (χ4v) is 5.68. The zero-order chi connectivity index (χ0) is 29.1. The first-order chi connectivity index (χ1) is 19.2. The van der Waals surface area contributed by atoms with E-state index in [4.69, 9.17) is 4.74 Å². The Bertz CT molecular complexity index is 1330. The number of amides is 2. The molecule has 0 radical (unpaired) electrons. The van der Waals surface area contributed by atoms with Crippen molar-refractivity contribution in [2.24, 2.45) is 0 Å². The predicted molar refractivity (Wildman–Crippen MR) is 158 cm³/mol. The molecule has 1 N–H and O–H groups in total. The first-order valence-electron chi connectivity index (χ1n) is 13.7. The van der Waals surface area contributed by atoms with Crippen LogP contribution in [-0.2, 0) is 26.2 Å². The van der Waals surface area contributed by atoms with E-state index < -0.39 is 28.5 Å². The molecule has 0 fully saturated rings. The van der Waals surface area contributed by atoms with Crippen molar-refractivity contribution in [3.05, 3.63) is 90.5 Å². The van der Waals surface area contributed by atoms with Gasteiger partial charge in [-0.1, -0.05) is 62.4 Å². The van der Waals surface area contributed by atoms with Crippen LogP contribution in [-0.4, -0.2) is 50.4 Å². The molecule has 0 aromatic heterocycles. The highest BCUT2D eigenvalue weighted by atomic mass is 32.2. The zero-order valence-electron chi connectivity index (χ0n) is 23.6. The van der Waals surface area contributed by atoms with Crippen molar-refractivity contribution in [1.82, 2.24) is 10.2 Å². The molecule has 3 aromatic carbocycles. The van der Waals surface area contributed by atoms with Gasteiger partial charge in [0.25, 0.3) is 10.0 Å². The van der Waals surface area contributed by atoms with Crippen molar-refractivity contribution in [1.29, 1.82) is 0 Å². The minimum absolute atomic E-state index is 0.0313. The van der Waals surface area contributed by atoms with E-state index in [-0.39, 0.29) is 23.4 Å². The van der Waals surface area contributed by atoms with Gasteiger partial charge in [0, 0.05) is 12.6 Å². The van der Waals surface area contributed by atoms with Crippen molar-refractivity contribution in [2.45, 2.75) is 64.1 Å². The van der Waals surface area contributed by atoms with Crippen LogP contribution in [0.2, 0.25) is 0 Å². The summed E-state index contributed by atoms with van der Waals surface area (Å²) >= 11 is 0. The number of carbonyl (C=O) groups is 2. The summed E-state index contributed by atoms with van der Waals surface area (Å²) in [5.74, 6) is -0.189. The van der Waals surface area contributed by atoms with E-state index in [1.807, 2.05) is 58.0 Å². The molecule has 0 aliphatic heterocycles. The Labute approximate surface area is 238 Å². The minimum Gasteiger partial charge on any atom is -0.494 e. The highest BCUT2D eigenvalue weighted by Gasteiger charge is 2.33. The molecule has 0 unspecified atom stereocenters. The number of hydrogen-bond donors (Lipinski definition) is 1. The predicted octanol–water partition coefficient (Wildman–Crippen LogP) is 5.00. The molecule has 40 heavy (non-hydrogen) atoms. The largest absolute Gasteiger partial charge is 0.494 e. The lowest BCUT2D eigenvalue weighted by Crippen LogP contribution is -2.53. The van der Waals surface area contributed by atoms with Crippen LogP contribution in [0.1, 0.15) is 46.1 Å². The lowest BCUT2D eigenvalue weighted by atomic mass is 10.1. The molecule has 9 heteroatoms. The number of carbonyl (C=O) groups excluding carboxylic acids is 2. The van der Waals surface area contributed by atoms with Gasteiger partial charge in [0.2, 0.25) is 11.8 Å². The van der Waals surface area contributed by atoms with Crippen LogP contribution >= 0.6 is 0 Å². The average molecular weight is 566 g/mol. The summed E-state index contributed by atoms with van der Waals surface area (Å²) in [6.07, 6.45) is 1.12. The van der Waals surface area contributed by atoms with Gasteiger partial charge in [-0.25, -0.2) is 8.42 Å². The maximum Gasteiger partial charge on any atom is 0.264 e. The van der Waals surface area contributed by atoms with Crippen LogP contribution in [0.25, 0.3) is 0 Å². The number of sulfonamides is 1. The van der Waals surface area contributed by atoms with E-state index in [0.717, 1.165) is 16.3 Å². The van der Waals surface area contributed by atoms with Crippen molar-refractivity contribution in [3.63, 3.8) is 0 Å². The monoisotopic (exact) mass is 565 g/mol. The third-order valence-electron chi connectivity index (χ3n) is 6.63. The fraction of sp³-hybridized carbons (Fsp3) is 0.355. The molecule has 3 aromatic rings. The third kappa shape index (κ3) is 7.85. The smallest absolute Gasteiger partial charge is 0.264 e. The average Bonchev–Trinajstić information content (AvgIpc) is 2.97. The SMILES string of the molecule is CCOc1ccc(S(=O)(=O)N(CC(=O)N(Cc2ccccc2)[C@@H](CC)C(=O)N[C@H](C)CC)c2ccccc2)cc1. The Morgan fingerprint density at radius 3 is 2.00 bits per heavy atom. The molecular weight excluding hydrogens is 526 g/mol. The summed E-state index contributed by atoms with van der Waals surface area (Å²) in [6.45, 7) is 7.73. The molecule has 3 rings (SSSR count). The summed E-state index contributed by atoms with van der Waals surface area (Å²) in [4.78, 5) is 28.8. The molecule has 0 heterocycles. The first-order valence-corrected chi connectivity index (χ1v) is 15.1. The Hall–Kier alpha value is -3.85. The minimum atomic E-state index is -4.13. The second-order valence-electron chi connectivity index (χ2n) is 9.50. The van der Waals surface area contributed by atoms with E-state index in [1.54, 1.807) is 42.5 Å². The quantitative estimate of drug-likeness (QED) is 0.297. The van der Waals surface area contributed by atoms with Gasteiger partial charge < -0.3 is 15.0 Å². The van der Waals surface area contributed by atoms with Crippen LogP contribution in [0.15, 0.2) is 89.8 Å². The normalized spacial score (nSPS) is 12.7. The lowest BCUT2D eigenvalue weighted by molar-refractivity contribution is -0.140. The maximum absolute atomic E-state index is 14.0. The third-order valence-corrected chi connectivity index (χ3v) is 8.42. The Kier molecular flexibility index (Phi) is 11.1. The Morgan fingerprint density at radius 1 is 0.850 bits per heavy atom. The van der Waals surface area contributed by atoms with Gasteiger partial charge in [0.1, 0.15) is 18.3 Å². The lowest BCUT2D eigenvalue weighted by Gasteiger charge is -2.33. The summed E-state index contributed by atoms with van der Waals surface area (Å²) in [5, 5.41) is 2.98. The molecule has 0 bridgehead atoms. The number of para-hydroxylation sites is 1. The number of hydrogen-bond acceptors (Lipinski definition) is 5. The standard InChI is InChI=1S/C31H39N3O5S/c1-5-24(4)32-31(36)29(6-2)33(22-25-14-10-8-11-15-25)30(35)23-34(26-16-12-9-13-17-26)40(37,38)28-20-18-27(19-21-28)39-7-3/h8-21,24,29H,5-7,22-23H2,1-4H3,(H,32,36)/t24-,29+/m1/s1. The Balaban J connectivity index is 2.01. The second-order valence-corrected chi connectivity index (χ2v) is 11.4. The number of nitrogens with zero attached hydrogens (tertiary/aromatic N) is 2. The Morgan fingerprint density at radius 2 is 1.45 bits per heavy atom. The van der Waals surface area contributed by atoms with Crippen LogP contribution in [0, 0.1) is 0 Å². The van der Waals surface area contributed by atoms with Gasteiger partial charge in [0.05, 0.1) is 17.2 Å². The zero-order valence-corrected chi connectivity index (χ0v) is 24.4. The van der Waals surface area contributed by atoms with E-state index in [1.165, 1.54) is 17.0 Å². The topological polar surface area (TPSA) is 96.0 Å². The number of benzene rings is 3. The van der Waals surface area contributed by atoms with E-state index in [2.05, 4.69) is 5.32 Å². The van der Waals surface area contributed by atoms with Crippen LogP contribution in [0.4, 0.5) is 5.69 Å². The second kappa shape index (κ2) is 14.5. The molecule has 0 saturated carbocycles. The van der Waals surface area contributed by atoms with Gasteiger partial charge in [-0.05, 0) is 68.7 Å². The molecule has 214 valence electrons. The van der Waals surface area contributed by atoms with E-state index in [9.17, 15) is 18.0 Å². The molecule has 0 saturated heterocycles. The summed E-state index contributed by atoms with van der Waals surface area (Å²) < 4.78 is 34.4. The molecular formula is C31H39N3O5S. The van der Waals surface area contributed by atoms with Crippen LogP contribution in [0.3, 0.4) is 0 Å². The fourth-order valence-electron chi connectivity index (χ4n) is 4.27. The van der Waals surface area contributed by atoms with Gasteiger partial charge in [0.15, 0.2) is 0 Å². The summed E-state index contributed by atoms with van der Waals surface area (Å²) in [5.41, 5.74) is 1.19. The van der Waals surface area contributed by atoms with Gasteiger partial charge in [-0.15, -0.1) is 0 Å². The molecule has 2 amide bonds. The van der Waals surface area contributed by atoms with Gasteiger partial charge >= 0.3 is 0 Å². The van der Waals surface area contributed by atoms with Crippen molar-refractivity contribution < 1.29 is 22.7 Å². The highest BCUT2D eigenvalue weighted by molar-refractivity contribution is 7.92. The number of nitrogens with one attached hydrogen (secondary N) is 1. The molecule has 2 atom stereocenters. The highest BCUT2D eigenvalue weighted by Crippen LogP contribution is 2.26. The van der Waals surface area contributed by atoms with Gasteiger partial charge in [-0.2, -0.15) is 0 Å². The van der Waals surface area contributed by atoms with Crippen molar-refractivity contribution in [3.8, 4) is 5.75 Å². The summed E-state index contributed by atoms with van der Waals surface area (Å²) in [7, 11) is -4.13. The summed E-state index contributed by atoms with van der Waals surface area (Å²) in [6, 6.07) is 23.2. The molecule has 0 spiro atoms. The number of rotatable bonds is 14. The maximum atomic E-state index is 14.0. The first kappa shape index (κ1) is 30.7. The van der Waals surface area contributed by atoms with Crippen LogP contribution < -0.4 is 14.4 Å². The number of anilines is 1. The molecule has 8 nitrogen and oxygen atoms in total. The van der Waals surface area contributed by atoms with Gasteiger partial charge in [-0.3, -0.25) is 13.9 Å². The van der Waals surface area contributed by atoms with Crippen molar-refractivity contribution in [2.75, 3.05) is 17.5 Å². The van der Waals surface area contributed by atoms with E-state index >= 15 is 0 Å². The molecule has 0 aliphatic rings. The molecule has 0 aliphatic carbocycles. The number of ether oxygens (including phenoxy) is 1. The van der Waals surface area contributed by atoms with Crippen LogP contribution in [0.5, 0.6) is 5.75 Å². The van der Waals surface area contributed by atoms with E-state index in [0.29, 0.717) is 24.5 Å². The van der Waals surface area contributed by atoms with Crippen molar-refractivity contribution >= 4 is 27.5 Å².